The van der Waals surface area contributed by atoms with E-state index in [4.69, 9.17) is 0 Å². The molecule has 0 aliphatic heterocycles. The van der Waals surface area contributed by atoms with Crippen molar-refractivity contribution in [3.05, 3.63) is 0 Å². The molecular weight excluding hydrogens is 378 g/mol. The summed E-state index contributed by atoms with van der Waals surface area (Å²) in [5.41, 5.74) is 0. The lowest BCUT2D eigenvalue weighted by Gasteiger charge is -2.17. The number of hydrogen-bond acceptors (Lipinski definition) is 4. The van der Waals surface area contributed by atoms with Gasteiger partial charge in [-0.05, 0) is 19.3 Å². The van der Waals surface area contributed by atoms with Gasteiger partial charge in [-0.3, -0.25) is 14.4 Å². The molecule has 0 bridgehead atoms. The fraction of sp³-hybridized carbons (Fsp3) is 0.880. The summed E-state index contributed by atoms with van der Waals surface area (Å²) in [5, 5.41) is 2.83. The summed E-state index contributed by atoms with van der Waals surface area (Å²) in [4.78, 5) is 35.7. The van der Waals surface area contributed by atoms with Gasteiger partial charge in [-0.1, -0.05) is 97.3 Å². The van der Waals surface area contributed by atoms with E-state index < -0.39 is 5.91 Å². The Morgan fingerprint density at radius 1 is 0.667 bits per heavy atom. The SMILES string of the molecule is CCCCCCCCCCCCCCC(=O)C(=O)NC(CCCC)CCC(=O)OC. The molecule has 0 rings (SSSR count). The van der Waals surface area contributed by atoms with Crippen molar-refractivity contribution in [1.82, 2.24) is 5.32 Å². The molecule has 1 N–H and O–H groups in total. The fourth-order valence-corrected chi connectivity index (χ4v) is 3.64. The summed E-state index contributed by atoms with van der Waals surface area (Å²) >= 11 is 0. The van der Waals surface area contributed by atoms with Crippen LogP contribution in [-0.2, 0) is 19.1 Å². The number of hydrogen-bond donors (Lipinski definition) is 1. The van der Waals surface area contributed by atoms with Crippen molar-refractivity contribution in [1.29, 1.82) is 0 Å². The first-order valence-corrected chi connectivity index (χ1v) is 12.5. The maximum absolute atomic E-state index is 12.2. The third kappa shape index (κ3) is 17.5. The summed E-state index contributed by atoms with van der Waals surface area (Å²) in [6.45, 7) is 4.33. The highest BCUT2D eigenvalue weighted by atomic mass is 16.5. The minimum atomic E-state index is -0.496. The molecule has 5 heteroatoms. The lowest BCUT2D eigenvalue weighted by molar-refractivity contribution is -0.141. The highest BCUT2D eigenvalue weighted by Gasteiger charge is 2.19. The van der Waals surface area contributed by atoms with E-state index in [1.807, 2.05) is 0 Å². The second-order valence-electron chi connectivity index (χ2n) is 8.49. The molecule has 0 aliphatic carbocycles. The van der Waals surface area contributed by atoms with Crippen LogP contribution in [0.4, 0.5) is 0 Å². The van der Waals surface area contributed by atoms with E-state index in [0.29, 0.717) is 12.8 Å². The molecule has 0 heterocycles. The van der Waals surface area contributed by atoms with E-state index in [0.717, 1.165) is 38.5 Å². The number of Topliss-reactive ketones (excluding diaryl/α,β-unsaturated/α-hetero) is 1. The Labute approximate surface area is 185 Å². The maximum Gasteiger partial charge on any atom is 0.305 e. The lowest BCUT2D eigenvalue weighted by Crippen LogP contribution is -2.39. The van der Waals surface area contributed by atoms with Crippen molar-refractivity contribution in [2.75, 3.05) is 7.11 Å². The van der Waals surface area contributed by atoms with Gasteiger partial charge in [0.2, 0.25) is 5.78 Å². The van der Waals surface area contributed by atoms with Gasteiger partial charge in [-0.25, -0.2) is 0 Å². The molecule has 0 radical (unpaired) electrons. The number of ether oxygens (including phenoxy) is 1. The van der Waals surface area contributed by atoms with Crippen molar-refractivity contribution in [3.63, 3.8) is 0 Å². The minimum Gasteiger partial charge on any atom is -0.469 e. The number of esters is 1. The van der Waals surface area contributed by atoms with Crippen LogP contribution in [0.2, 0.25) is 0 Å². The maximum atomic E-state index is 12.2. The van der Waals surface area contributed by atoms with E-state index in [1.54, 1.807) is 0 Å². The quantitative estimate of drug-likeness (QED) is 0.133. The molecule has 1 atom stereocenters. The van der Waals surface area contributed by atoms with Gasteiger partial charge in [0.15, 0.2) is 0 Å². The van der Waals surface area contributed by atoms with Crippen LogP contribution in [0.5, 0.6) is 0 Å². The Hall–Kier alpha value is -1.39. The van der Waals surface area contributed by atoms with Gasteiger partial charge < -0.3 is 10.1 Å². The largest absolute Gasteiger partial charge is 0.469 e. The molecule has 1 amide bonds. The van der Waals surface area contributed by atoms with Gasteiger partial charge in [0.25, 0.3) is 5.91 Å². The fourth-order valence-electron chi connectivity index (χ4n) is 3.64. The summed E-state index contributed by atoms with van der Waals surface area (Å²) in [5.74, 6) is -1.11. The molecule has 1 unspecified atom stereocenters. The van der Waals surface area contributed by atoms with Crippen LogP contribution in [0, 0.1) is 0 Å². The predicted octanol–water partition coefficient (Wildman–Crippen LogP) is 6.27. The first-order valence-electron chi connectivity index (χ1n) is 12.5. The first kappa shape index (κ1) is 28.6. The second kappa shape index (κ2) is 20.9. The van der Waals surface area contributed by atoms with Gasteiger partial charge in [0, 0.05) is 18.9 Å². The first-order chi connectivity index (χ1) is 14.5. The summed E-state index contributed by atoms with van der Waals surface area (Å²) in [7, 11) is 1.36. The number of amides is 1. The van der Waals surface area contributed by atoms with Crippen molar-refractivity contribution in [3.8, 4) is 0 Å². The van der Waals surface area contributed by atoms with Crippen LogP contribution in [0.3, 0.4) is 0 Å². The zero-order valence-corrected chi connectivity index (χ0v) is 19.9. The van der Waals surface area contributed by atoms with Crippen molar-refractivity contribution >= 4 is 17.7 Å². The standard InChI is InChI=1S/C25H47NO4/c1-4-6-8-9-10-11-12-13-14-15-16-17-19-23(27)25(29)26-22(18-7-5-2)20-21-24(28)30-3/h22H,4-21H2,1-3H3,(H,26,29). The van der Waals surface area contributed by atoms with Crippen LogP contribution in [0.1, 0.15) is 129 Å². The molecule has 0 aromatic rings. The van der Waals surface area contributed by atoms with Crippen molar-refractivity contribution < 1.29 is 19.1 Å². The summed E-state index contributed by atoms with van der Waals surface area (Å²) < 4.78 is 4.67. The summed E-state index contributed by atoms with van der Waals surface area (Å²) in [6, 6.07) is -0.137. The number of carbonyl (C=O) groups excluding carboxylic acids is 3. The van der Waals surface area contributed by atoms with Crippen LogP contribution < -0.4 is 5.32 Å². The Bertz CT molecular complexity index is 450. The van der Waals surface area contributed by atoms with Crippen LogP contribution in [-0.4, -0.2) is 30.8 Å². The zero-order valence-electron chi connectivity index (χ0n) is 19.9. The average molecular weight is 426 g/mol. The number of carbonyl (C=O) groups is 3. The van der Waals surface area contributed by atoms with Gasteiger partial charge in [0.05, 0.1) is 7.11 Å². The Morgan fingerprint density at radius 2 is 1.17 bits per heavy atom. The minimum absolute atomic E-state index is 0.137. The molecule has 0 aromatic heterocycles. The molecule has 0 spiro atoms. The van der Waals surface area contributed by atoms with E-state index in [-0.39, 0.29) is 24.2 Å². The van der Waals surface area contributed by atoms with Crippen molar-refractivity contribution in [2.24, 2.45) is 0 Å². The van der Waals surface area contributed by atoms with Crippen LogP contribution in [0.25, 0.3) is 0 Å². The van der Waals surface area contributed by atoms with Gasteiger partial charge in [-0.15, -0.1) is 0 Å². The van der Waals surface area contributed by atoms with Gasteiger partial charge >= 0.3 is 5.97 Å². The van der Waals surface area contributed by atoms with Crippen molar-refractivity contribution in [2.45, 2.75) is 135 Å². The van der Waals surface area contributed by atoms with E-state index in [9.17, 15) is 14.4 Å². The van der Waals surface area contributed by atoms with E-state index >= 15 is 0 Å². The van der Waals surface area contributed by atoms with E-state index in [1.165, 1.54) is 64.9 Å². The molecule has 176 valence electrons. The topological polar surface area (TPSA) is 72.5 Å². The normalized spacial score (nSPS) is 11.8. The predicted molar refractivity (Wildman–Crippen MR) is 123 cm³/mol. The van der Waals surface area contributed by atoms with Gasteiger partial charge in [0.1, 0.15) is 0 Å². The highest BCUT2D eigenvalue weighted by Crippen LogP contribution is 2.13. The summed E-state index contributed by atoms with van der Waals surface area (Å²) in [6.07, 6.45) is 18.7. The molecule has 0 aromatic carbocycles. The molecule has 30 heavy (non-hydrogen) atoms. The molecule has 0 saturated heterocycles. The monoisotopic (exact) mass is 425 g/mol. The van der Waals surface area contributed by atoms with Gasteiger partial charge in [-0.2, -0.15) is 0 Å². The number of methoxy groups -OCH3 is 1. The molecule has 5 nitrogen and oxygen atoms in total. The Morgan fingerprint density at radius 3 is 1.67 bits per heavy atom. The molecule has 0 fully saturated rings. The molecule has 0 saturated carbocycles. The Balaban J connectivity index is 3.82. The second-order valence-corrected chi connectivity index (χ2v) is 8.49. The number of ketones is 1. The number of rotatable bonds is 21. The smallest absolute Gasteiger partial charge is 0.305 e. The van der Waals surface area contributed by atoms with Crippen LogP contribution in [0.15, 0.2) is 0 Å². The van der Waals surface area contributed by atoms with Crippen LogP contribution >= 0.6 is 0 Å². The number of nitrogens with one attached hydrogen (secondary N) is 1. The average Bonchev–Trinajstić information content (AvgIpc) is 2.75. The zero-order chi connectivity index (χ0) is 22.5. The highest BCUT2D eigenvalue weighted by molar-refractivity contribution is 6.36. The third-order valence-corrected chi connectivity index (χ3v) is 5.68. The number of unbranched alkanes of at least 4 members (excludes halogenated alkanes) is 12. The molecular formula is C25H47NO4. The lowest BCUT2D eigenvalue weighted by atomic mass is 10.0. The molecule has 0 aliphatic rings. The van der Waals surface area contributed by atoms with E-state index in [2.05, 4.69) is 23.9 Å². The third-order valence-electron chi connectivity index (χ3n) is 5.68. The Kier molecular flexibility index (Phi) is 19.9.